The highest BCUT2D eigenvalue weighted by Crippen LogP contribution is 2.16. The summed E-state index contributed by atoms with van der Waals surface area (Å²) in [6.07, 6.45) is 7.28. The van der Waals surface area contributed by atoms with Gasteiger partial charge in [0.15, 0.2) is 4.96 Å². The van der Waals surface area contributed by atoms with E-state index in [0.29, 0.717) is 5.69 Å². The standard InChI is InChI=1S/C13H16N6OS/c1-3-19-7-10(6-14-19)16-12(20)15-9(2)11-8-18-4-5-21-13(18)17-11/h4-9H,3H2,1-2H3,(H2,15,16,20). The smallest absolute Gasteiger partial charge is 0.319 e. The third-order valence-electron chi connectivity index (χ3n) is 3.12. The van der Waals surface area contributed by atoms with E-state index >= 15 is 0 Å². The minimum atomic E-state index is -0.269. The molecule has 7 nitrogen and oxygen atoms in total. The lowest BCUT2D eigenvalue weighted by Gasteiger charge is -2.11. The van der Waals surface area contributed by atoms with Crippen LogP contribution in [-0.4, -0.2) is 25.2 Å². The number of carbonyl (C=O) groups excluding carboxylic acids is 1. The zero-order chi connectivity index (χ0) is 14.8. The lowest BCUT2D eigenvalue weighted by molar-refractivity contribution is 0.249. The van der Waals surface area contributed by atoms with Crippen molar-refractivity contribution in [2.24, 2.45) is 0 Å². The molecule has 1 unspecified atom stereocenters. The number of aryl methyl sites for hydroxylation is 1. The predicted octanol–water partition coefficient (Wildman–Crippen LogP) is 2.49. The van der Waals surface area contributed by atoms with Gasteiger partial charge in [0.05, 0.1) is 23.6 Å². The molecule has 0 spiro atoms. The van der Waals surface area contributed by atoms with Crippen LogP contribution in [0.5, 0.6) is 0 Å². The normalized spacial score (nSPS) is 12.5. The molecular weight excluding hydrogens is 288 g/mol. The van der Waals surface area contributed by atoms with E-state index in [1.54, 1.807) is 28.4 Å². The maximum atomic E-state index is 12.0. The highest BCUT2D eigenvalue weighted by Gasteiger charge is 2.14. The fourth-order valence-corrected chi connectivity index (χ4v) is 2.70. The van der Waals surface area contributed by atoms with Crippen molar-refractivity contribution < 1.29 is 4.79 Å². The molecule has 3 aromatic rings. The largest absolute Gasteiger partial charge is 0.330 e. The van der Waals surface area contributed by atoms with Crippen LogP contribution in [0.4, 0.5) is 10.5 Å². The Balaban J connectivity index is 1.62. The van der Waals surface area contributed by atoms with Crippen molar-refractivity contribution in [2.45, 2.75) is 26.4 Å². The van der Waals surface area contributed by atoms with E-state index in [-0.39, 0.29) is 12.1 Å². The van der Waals surface area contributed by atoms with E-state index in [1.165, 1.54) is 0 Å². The van der Waals surface area contributed by atoms with E-state index in [9.17, 15) is 4.79 Å². The van der Waals surface area contributed by atoms with Crippen LogP contribution in [0.15, 0.2) is 30.2 Å². The van der Waals surface area contributed by atoms with Crippen LogP contribution in [0, 0.1) is 0 Å². The Morgan fingerprint density at radius 2 is 2.33 bits per heavy atom. The van der Waals surface area contributed by atoms with Crippen molar-refractivity contribution in [1.82, 2.24) is 24.5 Å². The van der Waals surface area contributed by atoms with Crippen molar-refractivity contribution in [1.29, 1.82) is 0 Å². The van der Waals surface area contributed by atoms with Gasteiger partial charge in [-0.25, -0.2) is 9.78 Å². The van der Waals surface area contributed by atoms with Gasteiger partial charge >= 0.3 is 6.03 Å². The minimum Gasteiger partial charge on any atom is -0.330 e. The minimum absolute atomic E-state index is 0.168. The molecule has 0 fully saturated rings. The third-order valence-corrected chi connectivity index (χ3v) is 3.89. The van der Waals surface area contributed by atoms with Gasteiger partial charge in [-0.1, -0.05) is 0 Å². The quantitative estimate of drug-likeness (QED) is 0.777. The van der Waals surface area contributed by atoms with Crippen molar-refractivity contribution >= 4 is 28.0 Å². The molecule has 0 aromatic carbocycles. The molecule has 0 bridgehead atoms. The number of thiazole rings is 1. The maximum Gasteiger partial charge on any atom is 0.319 e. The molecule has 3 rings (SSSR count). The van der Waals surface area contributed by atoms with Gasteiger partial charge in [0.1, 0.15) is 0 Å². The van der Waals surface area contributed by atoms with Gasteiger partial charge < -0.3 is 10.6 Å². The number of nitrogens with zero attached hydrogens (tertiary/aromatic N) is 4. The molecule has 3 aromatic heterocycles. The molecular formula is C13H16N6OS. The van der Waals surface area contributed by atoms with E-state index in [1.807, 2.05) is 36.0 Å². The Bertz CT molecular complexity index is 729. The summed E-state index contributed by atoms with van der Waals surface area (Å²) in [5, 5.41) is 11.7. The van der Waals surface area contributed by atoms with Crippen molar-refractivity contribution in [3.8, 4) is 0 Å². The maximum absolute atomic E-state index is 12.0. The number of hydrogen-bond donors (Lipinski definition) is 2. The van der Waals surface area contributed by atoms with Crippen LogP contribution >= 0.6 is 11.3 Å². The zero-order valence-electron chi connectivity index (χ0n) is 11.8. The fourth-order valence-electron chi connectivity index (χ4n) is 1.99. The van der Waals surface area contributed by atoms with Gasteiger partial charge in [-0.15, -0.1) is 11.3 Å². The van der Waals surface area contributed by atoms with E-state index in [0.717, 1.165) is 17.2 Å². The first kappa shape index (κ1) is 13.6. The van der Waals surface area contributed by atoms with Gasteiger partial charge in [0.25, 0.3) is 0 Å². The molecule has 1 atom stereocenters. The highest BCUT2D eigenvalue weighted by atomic mass is 32.1. The highest BCUT2D eigenvalue weighted by molar-refractivity contribution is 7.15. The van der Waals surface area contributed by atoms with Crippen molar-refractivity contribution in [3.05, 3.63) is 35.9 Å². The number of aromatic nitrogens is 4. The first-order valence-corrected chi connectivity index (χ1v) is 7.55. The molecule has 110 valence electrons. The third kappa shape index (κ3) is 2.89. The molecule has 2 N–H and O–H groups in total. The summed E-state index contributed by atoms with van der Waals surface area (Å²) in [5.74, 6) is 0. The predicted molar refractivity (Wildman–Crippen MR) is 81.5 cm³/mol. The van der Waals surface area contributed by atoms with Crippen molar-refractivity contribution in [3.63, 3.8) is 0 Å². The topological polar surface area (TPSA) is 76.2 Å². The summed E-state index contributed by atoms with van der Waals surface area (Å²) in [5.41, 5.74) is 1.51. The Labute approximate surface area is 125 Å². The second-order valence-corrected chi connectivity index (χ2v) is 5.54. The fraction of sp³-hybridized carbons (Fsp3) is 0.308. The van der Waals surface area contributed by atoms with Gasteiger partial charge in [-0.05, 0) is 13.8 Å². The number of urea groups is 1. The van der Waals surface area contributed by atoms with E-state index < -0.39 is 0 Å². The molecule has 0 aliphatic carbocycles. The summed E-state index contributed by atoms with van der Waals surface area (Å²) < 4.78 is 3.70. The number of nitrogens with one attached hydrogen (secondary N) is 2. The molecule has 0 saturated heterocycles. The summed E-state index contributed by atoms with van der Waals surface area (Å²) in [6, 6.07) is -0.437. The lowest BCUT2D eigenvalue weighted by atomic mass is 10.2. The van der Waals surface area contributed by atoms with Crippen LogP contribution in [0.2, 0.25) is 0 Å². The van der Waals surface area contributed by atoms with Crippen LogP contribution in [-0.2, 0) is 6.54 Å². The number of fused-ring (bicyclic) bond motifs is 1. The van der Waals surface area contributed by atoms with Gasteiger partial charge in [0.2, 0.25) is 0 Å². The average Bonchev–Trinajstić information content (AvgIpc) is 3.12. The lowest BCUT2D eigenvalue weighted by Crippen LogP contribution is -2.31. The average molecular weight is 304 g/mol. The second-order valence-electron chi connectivity index (χ2n) is 4.66. The first-order chi connectivity index (χ1) is 10.2. The van der Waals surface area contributed by atoms with E-state index in [2.05, 4.69) is 20.7 Å². The molecule has 8 heteroatoms. The molecule has 2 amide bonds. The Morgan fingerprint density at radius 3 is 3.05 bits per heavy atom. The SMILES string of the molecule is CCn1cc(NC(=O)NC(C)c2cn3ccsc3n2)cn1. The number of hydrogen-bond acceptors (Lipinski definition) is 4. The van der Waals surface area contributed by atoms with Crippen LogP contribution < -0.4 is 10.6 Å². The molecule has 0 radical (unpaired) electrons. The van der Waals surface area contributed by atoms with Crippen LogP contribution in [0.3, 0.4) is 0 Å². The molecule has 21 heavy (non-hydrogen) atoms. The van der Waals surface area contributed by atoms with Gasteiger partial charge in [-0.2, -0.15) is 5.10 Å². The number of carbonyl (C=O) groups is 1. The summed E-state index contributed by atoms with van der Waals surface area (Å²) in [7, 11) is 0. The van der Waals surface area contributed by atoms with Crippen LogP contribution in [0.25, 0.3) is 4.96 Å². The van der Waals surface area contributed by atoms with E-state index in [4.69, 9.17) is 0 Å². The number of rotatable bonds is 4. The van der Waals surface area contributed by atoms with Crippen LogP contribution in [0.1, 0.15) is 25.6 Å². The molecule has 3 heterocycles. The zero-order valence-corrected chi connectivity index (χ0v) is 12.6. The van der Waals surface area contributed by atoms with Gasteiger partial charge in [-0.3, -0.25) is 9.08 Å². The summed E-state index contributed by atoms with van der Waals surface area (Å²) >= 11 is 1.56. The van der Waals surface area contributed by atoms with Gasteiger partial charge in [0, 0.05) is 30.5 Å². The number of anilines is 1. The number of amides is 2. The molecule has 0 saturated carbocycles. The summed E-state index contributed by atoms with van der Waals surface area (Å²) in [4.78, 5) is 17.3. The summed E-state index contributed by atoms with van der Waals surface area (Å²) in [6.45, 7) is 4.66. The Hall–Kier alpha value is -2.35. The Kier molecular flexibility index (Phi) is 3.61. The second kappa shape index (κ2) is 5.57. The molecule has 0 aliphatic heterocycles. The van der Waals surface area contributed by atoms with Crippen molar-refractivity contribution in [2.75, 3.05) is 5.32 Å². The first-order valence-electron chi connectivity index (χ1n) is 6.67. The monoisotopic (exact) mass is 304 g/mol. The molecule has 0 aliphatic rings. The number of imidazole rings is 1. The Morgan fingerprint density at radius 1 is 1.48 bits per heavy atom.